The Labute approximate surface area is 173 Å². The van der Waals surface area contributed by atoms with Crippen LogP contribution in [-0.4, -0.2) is 40.8 Å². The van der Waals surface area contributed by atoms with Gasteiger partial charge in [0.15, 0.2) is 5.96 Å². The zero-order chi connectivity index (χ0) is 17.5. The molecule has 1 aromatic carbocycles. The van der Waals surface area contributed by atoms with E-state index in [0.717, 1.165) is 24.7 Å². The quantitative estimate of drug-likeness (QED) is 0.389. The summed E-state index contributed by atoms with van der Waals surface area (Å²) in [6.45, 7) is 5.01. The van der Waals surface area contributed by atoms with E-state index in [4.69, 9.17) is 0 Å². The number of aryl methyl sites for hydroxylation is 1. The van der Waals surface area contributed by atoms with Crippen LogP contribution in [-0.2, 0) is 26.7 Å². The van der Waals surface area contributed by atoms with Crippen LogP contribution in [0.3, 0.4) is 0 Å². The van der Waals surface area contributed by atoms with Gasteiger partial charge in [0.2, 0.25) is 0 Å². The Kier molecular flexibility index (Phi) is 8.37. The number of hydrogen-bond donors (Lipinski definition) is 2. The molecule has 1 aromatic heterocycles. The zero-order valence-electron chi connectivity index (χ0n) is 15.6. The van der Waals surface area contributed by atoms with Crippen LogP contribution in [0.25, 0.3) is 0 Å². The minimum Gasteiger partial charge on any atom is -0.352 e. The van der Waals surface area contributed by atoms with Crippen molar-refractivity contribution in [2.24, 2.45) is 12.0 Å². The molecule has 1 aliphatic heterocycles. The highest BCUT2D eigenvalue weighted by Crippen LogP contribution is 2.13. The summed E-state index contributed by atoms with van der Waals surface area (Å²) in [7, 11) is 3.73. The smallest absolute Gasteiger partial charge is 0.191 e. The van der Waals surface area contributed by atoms with Crippen molar-refractivity contribution in [3.63, 3.8) is 0 Å². The predicted octanol–water partition coefficient (Wildman–Crippen LogP) is 2.50. The third-order valence-electron chi connectivity index (χ3n) is 4.67. The largest absolute Gasteiger partial charge is 0.352 e. The molecule has 0 atom stereocenters. The van der Waals surface area contributed by atoms with Crippen molar-refractivity contribution in [2.45, 2.75) is 32.5 Å². The van der Waals surface area contributed by atoms with Crippen LogP contribution in [0.4, 0.5) is 0 Å². The Morgan fingerprint density at radius 3 is 2.31 bits per heavy atom. The molecule has 0 unspecified atom stereocenters. The first-order valence-electron chi connectivity index (χ1n) is 8.96. The van der Waals surface area contributed by atoms with Gasteiger partial charge >= 0.3 is 0 Å². The normalized spacial score (nSPS) is 14.9. The van der Waals surface area contributed by atoms with Crippen molar-refractivity contribution >= 4 is 29.9 Å². The summed E-state index contributed by atoms with van der Waals surface area (Å²) in [5.74, 6) is 0.794. The fraction of sp³-hybridized carbons (Fsp3) is 0.474. The Hall–Kier alpha value is -1.61. The van der Waals surface area contributed by atoms with E-state index in [1.165, 1.54) is 37.1 Å². The van der Waals surface area contributed by atoms with Gasteiger partial charge < -0.3 is 10.6 Å². The molecule has 2 N–H and O–H groups in total. The molecule has 2 heterocycles. The summed E-state index contributed by atoms with van der Waals surface area (Å²) < 4.78 is 1.86. The Balaban J connectivity index is 0.00000243. The number of likely N-dealkylation sites (tertiary alicyclic amines) is 1. The van der Waals surface area contributed by atoms with Crippen molar-refractivity contribution in [1.82, 2.24) is 25.3 Å². The molecular weight excluding hydrogens is 439 g/mol. The minimum atomic E-state index is 0. The van der Waals surface area contributed by atoms with Gasteiger partial charge in [0, 0.05) is 33.4 Å². The molecular formula is C19H29IN6. The highest BCUT2D eigenvalue weighted by molar-refractivity contribution is 14.0. The Morgan fingerprint density at radius 1 is 1.04 bits per heavy atom. The minimum absolute atomic E-state index is 0. The number of guanidine groups is 1. The van der Waals surface area contributed by atoms with E-state index in [1.54, 1.807) is 13.2 Å². The number of aromatic nitrogens is 2. The van der Waals surface area contributed by atoms with Gasteiger partial charge in [-0.25, -0.2) is 0 Å². The molecule has 1 saturated heterocycles. The summed E-state index contributed by atoms with van der Waals surface area (Å²) >= 11 is 0. The molecule has 6 nitrogen and oxygen atoms in total. The summed E-state index contributed by atoms with van der Waals surface area (Å²) in [6, 6.07) is 10.9. The Bertz CT molecular complexity index is 688. The van der Waals surface area contributed by atoms with E-state index in [9.17, 15) is 0 Å². The molecule has 142 valence electrons. The first-order chi connectivity index (χ1) is 12.2. The highest BCUT2D eigenvalue weighted by atomic mass is 127. The summed E-state index contributed by atoms with van der Waals surface area (Å²) in [5.41, 5.74) is 3.77. The molecule has 0 radical (unpaired) electrons. The van der Waals surface area contributed by atoms with Gasteiger partial charge in [-0.15, -0.1) is 24.0 Å². The molecule has 1 fully saturated rings. The number of hydrogen-bond acceptors (Lipinski definition) is 3. The van der Waals surface area contributed by atoms with Crippen LogP contribution in [0.1, 0.15) is 29.7 Å². The Morgan fingerprint density at radius 2 is 1.69 bits per heavy atom. The van der Waals surface area contributed by atoms with Crippen LogP contribution in [0.5, 0.6) is 0 Å². The molecule has 3 rings (SSSR count). The van der Waals surface area contributed by atoms with Crippen molar-refractivity contribution in [3.8, 4) is 0 Å². The lowest BCUT2D eigenvalue weighted by Crippen LogP contribution is -2.36. The average molecular weight is 468 g/mol. The van der Waals surface area contributed by atoms with Crippen molar-refractivity contribution in [2.75, 3.05) is 20.1 Å². The van der Waals surface area contributed by atoms with Crippen molar-refractivity contribution < 1.29 is 0 Å². The standard InChI is InChI=1S/C19H28N6.HI/c1-20-19(22-14-18-9-10-23-24(18)2)21-13-16-5-7-17(8-6-16)15-25-11-3-4-12-25;/h5-10H,3-4,11-15H2,1-2H3,(H2,20,21,22);1H. The topological polar surface area (TPSA) is 57.5 Å². The molecule has 0 amide bonds. The molecule has 0 aliphatic carbocycles. The van der Waals surface area contributed by atoms with Crippen LogP contribution in [0, 0.1) is 0 Å². The van der Waals surface area contributed by atoms with E-state index < -0.39 is 0 Å². The average Bonchev–Trinajstić information content (AvgIpc) is 3.28. The maximum absolute atomic E-state index is 4.28. The lowest BCUT2D eigenvalue weighted by atomic mass is 10.1. The fourth-order valence-corrected chi connectivity index (χ4v) is 3.12. The number of benzene rings is 1. The molecule has 2 aromatic rings. The summed E-state index contributed by atoms with van der Waals surface area (Å²) in [4.78, 5) is 6.80. The molecule has 1 aliphatic rings. The first kappa shape index (κ1) is 20.7. The number of halogens is 1. The first-order valence-corrected chi connectivity index (χ1v) is 8.96. The van der Waals surface area contributed by atoms with E-state index in [0.29, 0.717) is 6.54 Å². The van der Waals surface area contributed by atoms with Crippen molar-refractivity contribution in [1.29, 1.82) is 0 Å². The van der Waals surface area contributed by atoms with Crippen LogP contribution < -0.4 is 10.6 Å². The van der Waals surface area contributed by atoms with Gasteiger partial charge in [-0.1, -0.05) is 24.3 Å². The third kappa shape index (κ3) is 5.98. The predicted molar refractivity (Wildman–Crippen MR) is 117 cm³/mol. The van der Waals surface area contributed by atoms with Gasteiger partial charge in [-0.05, 0) is 43.1 Å². The second-order valence-electron chi connectivity index (χ2n) is 6.53. The van der Waals surface area contributed by atoms with Crippen molar-refractivity contribution in [3.05, 3.63) is 53.3 Å². The zero-order valence-corrected chi connectivity index (χ0v) is 17.9. The van der Waals surface area contributed by atoms with E-state index in [1.807, 2.05) is 17.8 Å². The van der Waals surface area contributed by atoms with Gasteiger partial charge in [-0.2, -0.15) is 5.10 Å². The number of nitrogens with zero attached hydrogens (tertiary/aromatic N) is 4. The van der Waals surface area contributed by atoms with Crippen LogP contribution in [0.15, 0.2) is 41.5 Å². The number of rotatable bonds is 6. The lowest BCUT2D eigenvalue weighted by Gasteiger charge is -2.15. The van der Waals surface area contributed by atoms with Gasteiger partial charge in [0.25, 0.3) is 0 Å². The lowest BCUT2D eigenvalue weighted by molar-refractivity contribution is 0.331. The molecule has 26 heavy (non-hydrogen) atoms. The monoisotopic (exact) mass is 468 g/mol. The van der Waals surface area contributed by atoms with Gasteiger partial charge in [-0.3, -0.25) is 14.6 Å². The second-order valence-corrected chi connectivity index (χ2v) is 6.53. The molecule has 0 saturated carbocycles. The fourth-order valence-electron chi connectivity index (χ4n) is 3.12. The third-order valence-corrected chi connectivity index (χ3v) is 4.67. The van der Waals surface area contributed by atoms with Crippen LogP contribution in [0.2, 0.25) is 0 Å². The molecule has 7 heteroatoms. The SMILES string of the molecule is CN=C(NCc1ccc(CN2CCCC2)cc1)NCc1ccnn1C.I. The van der Waals surface area contributed by atoms with Crippen LogP contribution >= 0.6 is 24.0 Å². The van der Waals surface area contributed by atoms with E-state index in [-0.39, 0.29) is 24.0 Å². The van der Waals surface area contributed by atoms with E-state index >= 15 is 0 Å². The maximum atomic E-state index is 4.28. The van der Waals surface area contributed by atoms with Gasteiger partial charge in [0.1, 0.15) is 0 Å². The summed E-state index contributed by atoms with van der Waals surface area (Å²) in [6.07, 6.45) is 4.48. The highest BCUT2D eigenvalue weighted by Gasteiger charge is 2.11. The molecule has 0 spiro atoms. The second kappa shape index (κ2) is 10.5. The van der Waals surface area contributed by atoms with E-state index in [2.05, 4.69) is 49.9 Å². The maximum Gasteiger partial charge on any atom is 0.191 e. The molecule has 0 bridgehead atoms. The van der Waals surface area contributed by atoms with Gasteiger partial charge in [0.05, 0.1) is 12.2 Å². The number of aliphatic imine (C=N–C) groups is 1. The summed E-state index contributed by atoms with van der Waals surface area (Å²) in [5, 5.41) is 10.8. The number of nitrogens with one attached hydrogen (secondary N) is 2.